The average molecular weight is 489 g/mol. The highest BCUT2D eigenvalue weighted by Gasteiger charge is 2.27. The smallest absolute Gasteiger partial charge is 0.262 e. The van der Waals surface area contributed by atoms with Gasteiger partial charge in [-0.2, -0.15) is 0 Å². The number of para-hydroxylation sites is 2. The Labute approximate surface area is 208 Å². The average Bonchev–Trinajstić information content (AvgIpc) is 3.54. The number of aromatic amines is 1. The van der Waals surface area contributed by atoms with E-state index in [4.69, 9.17) is 0 Å². The number of thiophene rings is 1. The number of rotatable bonds is 9. The summed E-state index contributed by atoms with van der Waals surface area (Å²) in [6, 6.07) is 18.1. The highest BCUT2D eigenvalue weighted by molar-refractivity contribution is 7.12. The molecule has 0 radical (unpaired) electrons. The van der Waals surface area contributed by atoms with Gasteiger partial charge in [0.05, 0.1) is 11.4 Å². The van der Waals surface area contributed by atoms with E-state index < -0.39 is 6.04 Å². The Morgan fingerprint density at radius 1 is 1.00 bits per heavy atom. The molecule has 0 spiro atoms. The van der Waals surface area contributed by atoms with Gasteiger partial charge in [0.2, 0.25) is 11.8 Å². The summed E-state index contributed by atoms with van der Waals surface area (Å²) < 4.78 is 0. The van der Waals surface area contributed by atoms with Crippen LogP contribution < -0.4 is 10.6 Å². The van der Waals surface area contributed by atoms with Crippen LogP contribution in [0, 0.1) is 0 Å². The summed E-state index contributed by atoms with van der Waals surface area (Å²) in [7, 11) is 1.58. The monoisotopic (exact) mass is 488 g/mol. The van der Waals surface area contributed by atoms with Gasteiger partial charge in [-0.3, -0.25) is 14.4 Å². The normalized spacial score (nSPS) is 11.7. The summed E-state index contributed by atoms with van der Waals surface area (Å²) >= 11 is 1.31. The van der Waals surface area contributed by atoms with Crippen LogP contribution in [0.1, 0.15) is 27.7 Å². The second-order valence-corrected chi connectivity index (χ2v) is 9.27. The third-order valence-corrected chi connectivity index (χ3v) is 6.75. The highest BCUT2D eigenvalue weighted by Crippen LogP contribution is 2.20. The lowest BCUT2D eigenvalue weighted by molar-refractivity contribution is -0.135. The molecule has 3 N–H and O–H groups in total. The molecule has 8 heteroatoms. The van der Waals surface area contributed by atoms with Crippen molar-refractivity contribution in [3.05, 3.63) is 88.2 Å². The Morgan fingerprint density at radius 3 is 2.54 bits per heavy atom. The molecular weight excluding hydrogens is 460 g/mol. The first-order valence-corrected chi connectivity index (χ1v) is 12.4. The molecule has 4 rings (SSSR count). The predicted octanol–water partition coefficient (Wildman–Crippen LogP) is 4.23. The number of aryl methyl sites for hydroxylation is 1. The van der Waals surface area contributed by atoms with Crippen LogP contribution in [0.2, 0.25) is 0 Å². The van der Waals surface area contributed by atoms with Gasteiger partial charge in [-0.1, -0.05) is 49.4 Å². The van der Waals surface area contributed by atoms with E-state index in [0.29, 0.717) is 11.3 Å². The third-order valence-electron chi connectivity index (χ3n) is 5.88. The number of likely N-dealkylation sites (N-methyl/N-ethyl adjacent to an activating group) is 1. The molecule has 0 aliphatic heterocycles. The lowest BCUT2D eigenvalue weighted by Crippen LogP contribution is -2.50. The Kier molecular flexibility index (Phi) is 7.62. The summed E-state index contributed by atoms with van der Waals surface area (Å²) in [6.07, 6.45) is 2.94. The fourth-order valence-corrected chi connectivity index (χ4v) is 4.68. The van der Waals surface area contributed by atoms with E-state index in [-0.39, 0.29) is 24.3 Å². The zero-order valence-electron chi connectivity index (χ0n) is 19.7. The first kappa shape index (κ1) is 24.2. The molecule has 0 saturated carbocycles. The van der Waals surface area contributed by atoms with Gasteiger partial charge in [0.1, 0.15) is 6.04 Å². The number of amides is 3. The molecule has 0 aliphatic carbocycles. The Balaban J connectivity index is 1.50. The standard InChI is InChI=1S/C27H28N4O3S/c1-3-18-9-4-6-11-21(18)29-25(32)17-31(2)27(34)23(30-26(33)24-13-8-14-35-24)15-19-16-28-22-12-7-5-10-20(19)22/h4-14,16,23,28H,3,15,17H2,1-2H3,(H,29,32)(H,30,33). The first-order chi connectivity index (χ1) is 17.0. The molecule has 1 unspecified atom stereocenters. The van der Waals surface area contributed by atoms with Crippen LogP contribution >= 0.6 is 11.3 Å². The summed E-state index contributed by atoms with van der Waals surface area (Å²) in [5.41, 5.74) is 3.64. The fourth-order valence-electron chi connectivity index (χ4n) is 4.06. The second-order valence-electron chi connectivity index (χ2n) is 8.32. The molecule has 180 valence electrons. The topological polar surface area (TPSA) is 94.3 Å². The number of benzene rings is 2. The van der Waals surface area contributed by atoms with E-state index in [1.165, 1.54) is 16.2 Å². The number of hydrogen-bond acceptors (Lipinski definition) is 4. The first-order valence-electron chi connectivity index (χ1n) is 11.5. The van der Waals surface area contributed by atoms with Gasteiger partial charge in [-0.15, -0.1) is 11.3 Å². The fraction of sp³-hybridized carbons (Fsp3) is 0.222. The molecule has 0 fully saturated rings. The molecular formula is C27H28N4O3S. The van der Waals surface area contributed by atoms with E-state index in [0.717, 1.165) is 34.1 Å². The van der Waals surface area contributed by atoms with Crippen LogP contribution in [0.3, 0.4) is 0 Å². The Morgan fingerprint density at radius 2 is 1.77 bits per heavy atom. The summed E-state index contributed by atoms with van der Waals surface area (Å²) in [4.78, 5) is 44.1. The zero-order valence-corrected chi connectivity index (χ0v) is 20.5. The van der Waals surface area contributed by atoms with E-state index in [9.17, 15) is 14.4 Å². The molecule has 1 atom stereocenters. The second kappa shape index (κ2) is 11.0. The number of nitrogens with one attached hydrogen (secondary N) is 3. The SMILES string of the molecule is CCc1ccccc1NC(=O)CN(C)C(=O)C(Cc1c[nH]c2ccccc12)NC(=O)c1cccs1. The van der Waals surface area contributed by atoms with E-state index in [2.05, 4.69) is 15.6 Å². The van der Waals surface area contributed by atoms with Crippen LogP contribution in [-0.2, 0) is 22.4 Å². The van der Waals surface area contributed by atoms with E-state index >= 15 is 0 Å². The minimum Gasteiger partial charge on any atom is -0.361 e. The number of fused-ring (bicyclic) bond motifs is 1. The van der Waals surface area contributed by atoms with Crippen molar-refractivity contribution < 1.29 is 14.4 Å². The molecule has 35 heavy (non-hydrogen) atoms. The highest BCUT2D eigenvalue weighted by atomic mass is 32.1. The van der Waals surface area contributed by atoms with Crippen LogP contribution in [0.15, 0.2) is 72.2 Å². The molecule has 0 bridgehead atoms. The molecule has 0 aliphatic rings. The predicted molar refractivity (Wildman–Crippen MR) is 140 cm³/mol. The van der Waals surface area contributed by atoms with Gasteiger partial charge in [0.15, 0.2) is 0 Å². The zero-order chi connectivity index (χ0) is 24.8. The summed E-state index contributed by atoms with van der Waals surface area (Å²) in [5, 5.41) is 8.58. The number of H-pyrrole nitrogens is 1. The van der Waals surface area contributed by atoms with Crippen LogP contribution in [0.4, 0.5) is 5.69 Å². The molecule has 4 aromatic rings. The number of carbonyl (C=O) groups is 3. The largest absolute Gasteiger partial charge is 0.361 e. The summed E-state index contributed by atoms with van der Waals surface area (Å²) in [6.45, 7) is 1.89. The molecule has 2 aromatic heterocycles. The van der Waals surface area contributed by atoms with Crippen molar-refractivity contribution in [3.8, 4) is 0 Å². The van der Waals surface area contributed by atoms with Crippen LogP contribution in [-0.4, -0.2) is 47.2 Å². The number of aromatic nitrogens is 1. The van der Waals surface area contributed by atoms with Crippen LogP contribution in [0.25, 0.3) is 10.9 Å². The van der Waals surface area contributed by atoms with Crippen molar-refractivity contribution in [1.29, 1.82) is 0 Å². The van der Waals surface area contributed by atoms with Gasteiger partial charge in [0.25, 0.3) is 5.91 Å². The van der Waals surface area contributed by atoms with Crippen LogP contribution in [0.5, 0.6) is 0 Å². The minimum atomic E-state index is -0.829. The third kappa shape index (κ3) is 5.78. The van der Waals surface area contributed by atoms with Gasteiger partial charge in [0, 0.05) is 36.3 Å². The maximum atomic E-state index is 13.4. The lowest BCUT2D eigenvalue weighted by atomic mass is 10.0. The minimum absolute atomic E-state index is 0.129. The maximum Gasteiger partial charge on any atom is 0.262 e. The maximum absolute atomic E-state index is 13.4. The van der Waals surface area contributed by atoms with Crippen molar-refractivity contribution in [2.75, 3.05) is 18.9 Å². The van der Waals surface area contributed by atoms with E-state index in [1.54, 1.807) is 19.2 Å². The number of hydrogen-bond donors (Lipinski definition) is 3. The van der Waals surface area contributed by atoms with Crippen molar-refractivity contribution in [2.24, 2.45) is 0 Å². The number of carbonyl (C=O) groups excluding carboxylic acids is 3. The Hall–Kier alpha value is -3.91. The van der Waals surface area contributed by atoms with Gasteiger partial charge in [-0.25, -0.2) is 0 Å². The summed E-state index contributed by atoms with van der Waals surface area (Å²) in [5.74, 6) is -0.941. The Bertz CT molecular complexity index is 1330. The lowest BCUT2D eigenvalue weighted by Gasteiger charge is -2.24. The van der Waals surface area contributed by atoms with Gasteiger partial charge >= 0.3 is 0 Å². The molecule has 0 saturated heterocycles. The quantitative estimate of drug-likeness (QED) is 0.329. The van der Waals surface area contributed by atoms with Crippen molar-refractivity contribution >= 4 is 45.6 Å². The van der Waals surface area contributed by atoms with Crippen molar-refractivity contribution in [3.63, 3.8) is 0 Å². The van der Waals surface area contributed by atoms with Crippen molar-refractivity contribution in [1.82, 2.24) is 15.2 Å². The molecule has 7 nitrogen and oxygen atoms in total. The van der Waals surface area contributed by atoms with Gasteiger partial charge < -0.3 is 20.5 Å². The van der Waals surface area contributed by atoms with Gasteiger partial charge in [-0.05, 0) is 41.1 Å². The molecule has 2 heterocycles. The van der Waals surface area contributed by atoms with E-state index in [1.807, 2.05) is 67.0 Å². The molecule has 2 aromatic carbocycles. The number of anilines is 1. The number of nitrogens with zero attached hydrogens (tertiary/aromatic N) is 1. The van der Waals surface area contributed by atoms with Crippen molar-refractivity contribution in [2.45, 2.75) is 25.8 Å². The molecule has 3 amide bonds.